The lowest BCUT2D eigenvalue weighted by molar-refractivity contribution is 0.0695. The Kier molecular flexibility index (Phi) is 5.51. The molecule has 0 aliphatic rings. The highest BCUT2D eigenvalue weighted by Crippen LogP contribution is 2.33. The molecule has 0 spiro atoms. The van der Waals surface area contributed by atoms with Crippen LogP contribution >= 0.6 is 11.6 Å². The highest BCUT2D eigenvalue weighted by Gasteiger charge is 2.19. The van der Waals surface area contributed by atoms with E-state index in [1.165, 1.54) is 6.20 Å². The maximum atomic E-state index is 12.7. The third-order valence-corrected chi connectivity index (χ3v) is 5.04. The molecule has 0 fully saturated rings. The fourth-order valence-electron chi connectivity index (χ4n) is 3.00. The summed E-state index contributed by atoms with van der Waals surface area (Å²) in [5.74, 6) is -0.659. The Hall–Kier alpha value is -3.12. The van der Waals surface area contributed by atoms with Gasteiger partial charge in [0.2, 0.25) is 0 Å². The second-order valence-electron chi connectivity index (χ2n) is 6.41. The van der Waals surface area contributed by atoms with E-state index in [0.29, 0.717) is 45.0 Å². The van der Waals surface area contributed by atoms with Crippen LogP contribution in [-0.4, -0.2) is 40.5 Å². The van der Waals surface area contributed by atoms with Crippen molar-refractivity contribution in [3.8, 4) is 0 Å². The van der Waals surface area contributed by atoms with E-state index in [2.05, 4.69) is 10.3 Å². The van der Waals surface area contributed by atoms with Gasteiger partial charge in [-0.3, -0.25) is 4.79 Å². The molecule has 0 saturated heterocycles. The van der Waals surface area contributed by atoms with E-state index < -0.39 is 5.97 Å². The normalized spacial score (nSPS) is 10.7. The second kappa shape index (κ2) is 7.86. The molecule has 7 heteroatoms. The van der Waals surface area contributed by atoms with Crippen LogP contribution in [0.2, 0.25) is 5.02 Å². The topological polar surface area (TPSA) is 82.5 Å². The van der Waals surface area contributed by atoms with E-state index in [-0.39, 0.29) is 11.5 Å². The number of rotatable bonds is 5. The van der Waals surface area contributed by atoms with Gasteiger partial charge in [0.1, 0.15) is 5.82 Å². The molecule has 0 atom stereocenters. The standard InChI is InChI=1S/C21H20ClN3O3/c1-4-25(3)20(26)15-11-23-19(14-8-5-9-16(22)18(14)15)24-17-10-6-7-13(12(17)2)21(27)28/h5-11H,4H2,1-3H3,(H,23,24)(H,27,28). The molecule has 144 valence electrons. The summed E-state index contributed by atoms with van der Waals surface area (Å²) >= 11 is 6.42. The number of aromatic carboxylic acids is 1. The van der Waals surface area contributed by atoms with Crippen molar-refractivity contribution in [2.24, 2.45) is 0 Å². The largest absolute Gasteiger partial charge is 0.478 e. The number of halogens is 1. The molecule has 3 aromatic rings. The highest BCUT2D eigenvalue weighted by atomic mass is 35.5. The molecule has 0 radical (unpaired) electrons. The van der Waals surface area contributed by atoms with Crippen LogP contribution in [0, 0.1) is 6.92 Å². The number of anilines is 2. The lowest BCUT2D eigenvalue weighted by atomic mass is 10.0. The van der Waals surface area contributed by atoms with E-state index in [1.54, 1.807) is 49.2 Å². The minimum absolute atomic E-state index is 0.163. The molecule has 1 aromatic heterocycles. The zero-order chi connectivity index (χ0) is 20.4. The van der Waals surface area contributed by atoms with Crippen molar-refractivity contribution in [1.29, 1.82) is 0 Å². The van der Waals surface area contributed by atoms with Gasteiger partial charge in [-0.15, -0.1) is 0 Å². The molecule has 1 amide bonds. The predicted molar refractivity (Wildman–Crippen MR) is 111 cm³/mol. The maximum absolute atomic E-state index is 12.7. The molecule has 6 nitrogen and oxygen atoms in total. The molecular weight excluding hydrogens is 378 g/mol. The number of nitrogens with one attached hydrogen (secondary N) is 1. The minimum atomic E-state index is -0.995. The van der Waals surface area contributed by atoms with Crippen molar-refractivity contribution in [3.05, 3.63) is 64.3 Å². The van der Waals surface area contributed by atoms with Gasteiger partial charge in [-0.05, 0) is 37.6 Å². The average Bonchev–Trinajstić information content (AvgIpc) is 2.68. The van der Waals surface area contributed by atoms with Crippen molar-refractivity contribution < 1.29 is 14.7 Å². The number of carboxylic acid groups (broad SMARTS) is 1. The molecule has 2 aromatic carbocycles. The molecule has 3 rings (SSSR count). The first kappa shape index (κ1) is 19.6. The number of carboxylic acids is 1. The number of fused-ring (bicyclic) bond motifs is 1. The average molecular weight is 398 g/mol. The number of aromatic nitrogens is 1. The number of hydrogen-bond donors (Lipinski definition) is 2. The first-order valence-electron chi connectivity index (χ1n) is 8.77. The monoisotopic (exact) mass is 397 g/mol. The summed E-state index contributed by atoms with van der Waals surface area (Å²) in [7, 11) is 1.72. The smallest absolute Gasteiger partial charge is 0.336 e. The van der Waals surface area contributed by atoms with Gasteiger partial charge in [0.25, 0.3) is 5.91 Å². The third kappa shape index (κ3) is 3.51. The Bertz CT molecular complexity index is 1080. The lowest BCUT2D eigenvalue weighted by Crippen LogP contribution is -2.26. The summed E-state index contributed by atoms with van der Waals surface area (Å²) in [5.41, 5.74) is 1.85. The number of hydrogen-bond acceptors (Lipinski definition) is 4. The molecule has 0 unspecified atom stereocenters. The van der Waals surface area contributed by atoms with Crippen molar-refractivity contribution in [3.63, 3.8) is 0 Å². The van der Waals surface area contributed by atoms with Gasteiger partial charge in [-0.1, -0.05) is 29.8 Å². The Labute approximate surface area is 167 Å². The first-order chi connectivity index (χ1) is 13.3. The fourth-order valence-corrected chi connectivity index (χ4v) is 3.28. The maximum Gasteiger partial charge on any atom is 0.336 e. The molecule has 0 saturated carbocycles. The van der Waals surface area contributed by atoms with Crippen molar-refractivity contribution in [2.45, 2.75) is 13.8 Å². The van der Waals surface area contributed by atoms with E-state index >= 15 is 0 Å². The molecular formula is C21H20ClN3O3. The van der Waals surface area contributed by atoms with Crippen molar-refractivity contribution in [1.82, 2.24) is 9.88 Å². The van der Waals surface area contributed by atoms with E-state index in [4.69, 9.17) is 11.6 Å². The van der Waals surface area contributed by atoms with Gasteiger partial charge in [0.15, 0.2) is 0 Å². The summed E-state index contributed by atoms with van der Waals surface area (Å²) in [4.78, 5) is 30.1. The number of carbonyl (C=O) groups is 2. The van der Waals surface area contributed by atoms with Gasteiger partial charge in [-0.25, -0.2) is 9.78 Å². The number of amides is 1. The number of pyridine rings is 1. The zero-order valence-electron chi connectivity index (χ0n) is 15.8. The van der Waals surface area contributed by atoms with Crippen LogP contribution in [0.4, 0.5) is 11.5 Å². The number of benzene rings is 2. The summed E-state index contributed by atoms with van der Waals surface area (Å²) in [6.07, 6.45) is 1.50. The van der Waals surface area contributed by atoms with Crippen molar-refractivity contribution in [2.75, 3.05) is 18.9 Å². The quantitative estimate of drug-likeness (QED) is 0.650. The second-order valence-corrected chi connectivity index (χ2v) is 6.82. The third-order valence-electron chi connectivity index (χ3n) is 4.73. The van der Waals surface area contributed by atoms with Gasteiger partial charge < -0.3 is 15.3 Å². The Morgan fingerprint density at radius 1 is 1.18 bits per heavy atom. The van der Waals surface area contributed by atoms with Crippen LogP contribution in [0.25, 0.3) is 10.8 Å². The SMILES string of the molecule is CCN(C)C(=O)c1cnc(Nc2cccc(C(=O)O)c2C)c2cccc(Cl)c12. The summed E-state index contributed by atoms with van der Waals surface area (Å²) in [5, 5.41) is 14.3. The van der Waals surface area contributed by atoms with Gasteiger partial charge in [0, 0.05) is 41.3 Å². The van der Waals surface area contributed by atoms with Crippen LogP contribution < -0.4 is 5.32 Å². The molecule has 1 heterocycles. The van der Waals surface area contributed by atoms with Crippen LogP contribution in [0.1, 0.15) is 33.2 Å². The van der Waals surface area contributed by atoms with Crippen molar-refractivity contribution >= 4 is 45.8 Å². The van der Waals surface area contributed by atoms with E-state index in [0.717, 1.165) is 0 Å². The molecule has 0 bridgehead atoms. The van der Waals surface area contributed by atoms with Crippen LogP contribution in [-0.2, 0) is 0 Å². The zero-order valence-corrected chi connectivity index (χ0v) is 16.5. The molecule has 2 N–H and O–H groups in total. The molecule has 0 aliphatic heterocycles. The Morgan fingerprint density at radius 3 is 2.57 bits per heavy atom. The predicted octanol–water partition coefficient (Wildman–Crippen LogP) is 4.73. The number of nitrogens with zero attached hydrogens (tertiary/aromatic N) is 2. The van der Waals surface area contributed by atoms with Crippen LogP contribution in [0.5, 0.6) is 0 Å². The molecule has 28 heavy (non-hydrogen) atoms. The van der Waals surface area contributed by atoms with Gasteiger partial charge >= 0.3 is 5.97 Å². The Balaban J connectivity index is 2.15. The van der Waals surface area contributed by atoms with E-state index in [1.807, 2.05) is 13.0 Å². The highest BCUT2D eigenvalue weighted by molar-refractivity contribution is 6.37. The lowest BCUT2D eigenvalue weighted by Gasteiger charge is -2.18. The summed E-state index contributed by atoms with van der Waals surface area (Å²) < 4.78 is 0. The fraction of sp³-hybridized carbons (Fsp3) is 0.190. The number of carbonyl (C=O) groups excluding carboxylic acids is 1. The minimum Gasteiger partial charge on any atom is -0.478 e. The summed E-state index contributed by atoms with van der Waals surface area (Å²) in [6, 6.07) is 10.3. The van der Waals surface area contributed by atoms with E-state index in [9.17, 15) is 14.7 Å². The van der Waals surface area contributed by atoms with Crippen LogP contribution in [0.15, 0.2) is 42.6 Å². The molecule has 0 aliphatic carbocycles. The van der Waals surface area contributed by atoms with Gasteiger partial charge in [-0.2, -0.15) is 0 Å². The Morgan fingerprint density at radius 2 is 1.89 bits per heavy atom. The summed E-state index contributed by atoms with van der Waals surface area (Å²) in [6.45, 7) is 4.18. The first-order valence-corrected chi connectivity index (χ1v) is 9.15. The van der Waals surface area contributed by atoms with Crippen LogP contribution in [0.3, 0.4) is 0 Å². The van der Waals surface area contributed by atoms with Gasteiger partial charge in [0.05, 0.1) is 11.1 Å².